The minimum atomic E-state index is 0.370. The second kappa shape index (κ2) is 8.78. The molecular weight excluding hydrogens is 336 g/mol. The molecule has 0 radical (unpaired) electrons. The Hall–Kier alpha value is -2.34. The fourth-order valence-electron chi connectivity index (χ4n) is 5.20. The number of aryl methyl sites for hydroxylation is 1. The molecule has 4 rings (SSSR count). The lowest BCUT2D eigenvalue weighted by Gasteiger charge is -2.39. The van der Waals surface area contributed by atoms with E-state index in [4.69, 9.17) is 0 Å². The van der Waals surface area contributed by atoms with Gasteiger partial charge < -0.3 is 0 Å². The molecule has 28 heavy (non-hydrogen) atoms. The van der Waals surface area contributed by atoms with Crippen LogP contribution in [0, 0.1) is 0 Å². The van der Waals surface area contributed by atoms with Crippen molar-refractivity contribution in [3.8, 4) is 11.1 Å². The van der Waals surface area contributed by atoms with Gasteiger partial charge in [-0.2, -0.15) is 0 Å². The molecule has 0 bridgehead atoms. The van der Waals surface area contributed by atoms with Gasteiger partial charge in [0.15, 0.2) is 0 Å². The highest BCUT2D eigenvalue weighted by atomic mass is 14.4. The molecule has 0 saturated heterocycles. The number of rotatable bonds is 6. The second-order valence-corrected chi connectivity index (χ2v) is 8.38. The van der Waals surface area contributed by atoms with Gasteiger partial charge in [-0.25, -0.2) is 0 Å². The van der Waals surface area contributed by atoms with Crippen molar-refractivity contribution < 1.29 is 0 Å². The van der Waals surface area contributed by atoms with Crippen LogP contribution in [0.2, 0.25) is 0 Å². The first kappa shape index (κ1) is 19.0. The highest BCUT2D eigenvalue weighted by Crippen LogP contribution is 2.45. The molecule has 0 nitrogen and oxygen atoms in total. The summed E-state index contributed by atoms with van der Waals surface area (Å²) in [5.74, 6) is 0. The molecule has 1 aliphatic rings. The Labute approximate surface area is 170 Å². The van der Waals surface area contributed by atoms with Crippen molar-refractivity contribution in [2.75, 3.05) is 0 Å². The van der Waals surface area contributed by atoms with Gasteiger partial charge in [0.25, 0.3) is 0 Å². The minimum Gasteiger partial charge on any atom is -0.0645 e. The van der Waals surface area contributed by atoms with Crippen molar-refractivity contribution in [3.63, 3.8) is 0 Å². The zero-order valence-electron chi connectivity index (χ0n) is 17.2. The van der Waals surface area contributed by atoms with Crippen LogP contribution < -0.4 is 0 Å². The summed E-state index contributed by atoms with van der Waals surface area (Å²) >= 11 is 0. The van der Waals surface area contributed by atoms with Crippen molar-refractivity contribution in [1.82, 2.24) is 0 Å². The fraction of sp³-hybridized carbons (Fsp3) is 0.357. The Balaban J connectivity index is 1.78. The third kappa shape index (κ3) is 3.92. The van der Waals surface area contributed by atoms with Crippen molar-refractivity contribution >= 4 is 0 Å². The van der Waals surface area contributed by atoms with E-state index in [0.29, 0.717) is 5.41 Å². The van der Waals surface area contributed by atoms with Gasteiger partial charge in [0.05, 0.1) is 0 Å². The molecule has 1 fully saturated rings. The van der Waals surface area contributed by atoms with Crippen molar-refractivity contribution in [2.24, 2.45) is 0 Å². The smallest absolute Gasteiger partial charge is 0.00466 e. The average Bonchev–Trinajstić information content (AvgIpc) is 2.79. The van der Waals surface area contributed by atoms with Gasteiger partial charge in [0.1, 0.15) is 0 Å². The highest BCUT2D eigenvalue weighted by molar-refractivity contribution is 5.69. The maximum absolute atomic E-state index is 2.45. The molecule has 3 aromatic carbocycles. The zero-order valence-corrected chi connectivity index (χ0v) is 17.2. The molecule has 3 aromatic rings. The largest absolute Gasteiger partial charge is 0.0645 e. The van der Waals surface area contributed by atoms with Gasteiger partial charge in [-0.1, -0.05) is 105 Å². The maximum atomic E-state index is 2.45. The summed E-state index contributed by atoms with van der Waals surface area (Å²) < 4.78 is 0. The SMILES string of the molecule is CCC1(c2cccc(-c3ccccc3)c2CCc2ccccc2)CCCCC1. The number of hydrogen-bond donors (Lipinski definition) is 0. The van der Waals surface area contributed by atoms with Crippen LogP contribution in [0.15, 0.2) is 78.9 Å². The van der Waals surface area contributed by atoms with Crippen LogP contribution in [0.1, 0.15) is 62.1 Å². The van der Waals surface area contributed by atoms with Crippen LogP contribution in [-0.4, -0.2) is 0 Å². The summed E-state index contributed by atoms with van der Waals surface area (Å²) in [6, 6.07) is 29.0. The van der Waals surface area contributed by atoms with Gasteiger partial charge in [-0.15, -0.1) is 0 Å². The van der Waals surface area contributed by atoms with Crippen molar-refractivity contribution in [2.45, 2.75) is 63.7 Å². The fourth-order valence-corrected chi connectivity index (χ4v) is 5.20. The molecule has 0 aromatic heterocycles. The van der Waals surface area contributed by atoms with E-state index in [1.807, 2.05) is 0 Å². The highest BCUT2D eigenvalue weighted by Gasteiger charge is 2.34. The Morgan fingerprint density at radius 3 is 2.04 bits per heavy atom. The van der Waals surface area contributed by atoms with Gasteiger partial charge in [-0.05, 0) is 65.3 Å². The predicted octanol–water partition coefficient (Wildman–Crippen LogP) is 7.75. The quantitative estimate of drug-likeness (QED) is 0.417. The first-order chi connectivity index (χ1) is 13.8. The van der Waals surface area contributed by atoms with E-state index in [1.165, 1.54) is 55.2 Å². The Kier molecular flexibility index (Phi) is 5.95. The summed E-state index contributed by atoms with van der Waals surface area (Å²) in [7, 11) is 0. The Bertz CT molecular complexity index is 870. The molecule has 1 saturated carbocycles. The van der Waals surface area contributed by atoms with E-state index >= 15 is 0 Å². The summed E-state index contributed by atoms with van der Waals surface area (Å²) in [4.78, 5) is 0. The molecule has 0 atom stereocenters. The normalized spacial score (nSPS) is 16.0. The van der Waals surface area contributed by atoms with Crippen LogP contribution in [-0.2, 0) is 18.3 Å². The molecule has 0 N–H and O–H groups in total. The first-order valence-corrected chi connectivity index (χ1v) is 11.0. The summed E-state index contributed by atoms with van der Waals surface area (Å²) in [5, 5.41) is 0. The Morgan fingerprint density at radius 2 is 1.36 bits per heavy atom. The molecule has 0 aliphatic heterocycles. The number of hydrogen-bond acceptors (Lipinski definition) is 0. The molecule has 0 heteroatoms. The lowest BCUT2D eigenvalue weighted by molar-refractivity contribution is 0.282. The molecule has 1 aliphatic carbocycles. The third-order valence-corrected chi connectivity index (χ3v) is 6.83. The van der Waals surface area contributed by atoms with Crippen LogP contribution in [0.5, 0.6) is 0 Å². The lowest BCUT2D eigenvalue weighted by Crippen LogP contribution is -2.29. The molecule has 0 unspecified atom stereocenters. The van der Waals surface area contributed by atoms with Gasteiger partial charge in [0, 0.05) is 0 Å². The van der Waals surface area contributed by atoms with Gasteiger partial charge in [-0.3, -0.25) is 0 Å². The van der Waals surface area contributed by atoms with Gasteiger partial charge >= 0.3 is 0 Å². The van der Waals surface area contributed by atoms with Crippen LogP contribution in [0.4, 0.5) is 0 Å². The molecule has 144 valence electrons. The second-order valence-electron chi connectivity index (χ2n) is 8.38. The third-order valence-electron chi connectivity index (χ3n) is 6.83. The monoisotopic (exact) mass is 368 g/mol. The molecule has 0 amide bonds. The van der Waals surface area contributed by atoms with Crippen LogP contribution >= 0.6 is 0 Å². The van der Waals surface area contributed by atoms with Crippen LogP contribution in [0.3, 0.4) is 0 Å². The number of benzene rings is 3. The molecule has 0 heterocycles. The summed E-state index contributed by atoms with van der Waals surface area (Å²) in [6.07, 6.45) is 10.3. The molecular formula is C28H32. The zero-order chi connectivity index (χ0) is 19.2. The van der Waals surface area contributed by atoms with E-state index in [2.05, 4.69) is 85.8 Å². The van der Waals surface area contributed by atoms with Gasteiger partial charge in [0.2, 0.25) is 0 Å². The predicted molar refractivity (Wildman–Crippen MR) is 121 cm³/mol. The molecule has 0 spiro atoms. The van der Waals surface area contributed by atoms with E-state index in [9.17, 15) is 0 Å². The minimum absolute atomic E-state index is 0.370. The first-order valence-electron chi connectivity index (χ1n) is 11.0. The van der Waals surface area contributed by atoms with Crippen molar-refractivity contribution in [1.29, 1.82) is 0 Å². The summed E-state index contributed by atoms with van der Waals surface area (Å²) in [6.45, 7) is 2.40. The lowest BCUT2D eigenvalue weighted by atomic mass is 9.65. The van der Waals surface area contributed by atoms with E-state index < -0.39 is 0 Å². The maximum Gasteiger partial charge on any atom is -0.00466 e. The van der Waals surface area contributed by atoms with Crippen LogP contribution in [0.25, 0.3) is 11.1 Å². The van der Waals surface area contributed by atoms with Crippen molar-refractivity contribution in [3.05, 3.63) is 95.6 Å². The summed E-state index contributed by atoms with van der Waals surface area (Å²) in [5.41, 5.74) is 7.82. The Morgan fingerprint density at radius 1 is 0.679 bits per heavy atom. The topological polar surface area (TPSA) is 0 Å². The average molecular weight is 369 g/mol. The van der Waals surface area contributed by atoms with E-state index in [0.717, 1.165) is 12.8 Å². The standard InChI is InChI=1S/C28H32/c1-2-28(21-10-5-11-22-28)27-18-12-17-25(24-15-8-4-9-16-24)26(27)20-19-23-13-6-3-7-14-23/h3-4,6-9,12-18H,2,5,10-11,19-22H2,1H3. The van der Waals surface area contributed by atoms with E-state index in [1.54, 1.807) is 11.1 Å². The van der Waals surface area contributed by atoms with E-state index in [-0.39, 0.29) is 0 Å².